The summed E-state index contributed by atoms with van der Waals surface area (Å²) in [5, 5.41) is 8.27. The van der Waals surface area contributed by atoms with Crippen molar-refractivity contribution in [3.63, 3.8) is 0 Å². The maximum absolute atomic E-state index is 13.4. The molecular weight excluding hydrogens is 496 g/mol. The van der Waals surface area contributed by atoms with Crippen molar-refractivity contribution in [1.29, 1.82) is 0 Å². The van der Waals surface area contributed by atoms with Gasteiger partial charge in [0, 0.05) is 19.0 Å². The number of fused-ring (bicyclic) bond motifs is 1. The normalized spacial score (nSPS) is 17.4. The van der Waals surface area contributed by atoms with Crippen molar-refractivity contribution < 1.29 is 22.6 Å². The Hall–Kier alpha value is -3.48. The minimum Gasteiger partial charge on any atom is -0.477 e. The summed E-state index contributed by atoms with van der Waals surface area (Å²) in [6, 6.07) is 8.53. The van der Waals surface area contributed by atoms with Gasteiger partial charge in [-0.2, -0.15) is 15.1 Å². The Balaban J connectivity index is 1.34. The summed E-state index contributed by atoms with van der Waals surface area (Å²) in [6.07, 6.45) is 4.68. The van der Waals surface area contributed by atoms with Gasteiger partial charge in [0.05, 0.1) is 53.7 Å². The third kappa shape index (κ3) is 4.05. The maximum atomic E-state index is 13.4. The molecule has 0 bridgehead atoms. The third-order valence-corrected chi connectivity index (χ3v) is 8.56. The van der Waals surface area contributed by atoms with Crippen molar-refractivity contribution >= 4 is 32.7 Å². The van der Waals surface area contributed by atoms with E-state index in [-0.39, 0.29) is 22.5 Å². The van der Waals surface area contributed by atoms with Crippen LogP contribution in [0.15, 0.2) is 47.6 Å². The van der Waals surface area contributed by atoms with E-state index in [4.69, 9.17) is 14.2 Å². The molecule has 4 heterocycles. The number of rotatable bonds is 7. The molecule has 3 aromatic heterocycles. The third-order valence-electron chi connectivity index (χ3n) is 6.88. The number of benzene rings is 1. The van der Waals surface area contributed by atoms with E-state index in [1.807, 2.05) is 25.5 Å². The van der Waals surface area contributed by atoms with Crippen LogP contribution in [0, 0.1) is 13.8 Å². The van der Waals surface area contributed by atoms with Crippen LogP contribution in [0.25, 0.3) is 11.0 Å². The van der Waals surface area contributed by atoms with Crippen LogP contribution in [-0.4, -0.2) is 57.7 Å². The van der Waals surface area contributed by atoms with E-state index < -0.39 is 15.8 Å². The number of ether oxygens (including phenoxy) is 3. The Morgan fingerprint density at radius 3 is 2.54 bits per heavy atom. The molecule has 0 amide bonds. The van der Waals surface area contributed by atoms with Crippen molar-refractivity contribution in [1.82, 2.24) is 23.7 Å². The summed E-state index contributed by atoms with van der Waals surface area (Å²) in [5.74, 6) is 0.0468. The van der Waals surface area contributed by atoms with Crippen molar-refractivity contribution in [2.45, 2.75) is 50.3 Å². The van der Waals surface area contributed by atoms with Crippen LogP contribution in [0.1, 0.15) is 37.1 Å². The van der Waals surface area contributed by atoms with Gasteiger partial charge in [0.25, 0.3) is 10.0 Å². The van der Waals surface area contributed by atoms with Gasteiger partial charge in [-0.25, -0.2) is 12.4 Å². The Labute approximate surface area is 214 Å². The second kappa shape index (κ2) is 8.82. The first-order valence-electron chi connectivity index (χ1n) is 12.2. The zero-order chi connectivity index (χ0) is 25.8. The standard InChI is InChI=1S/C25H28N6O5S/c1-4-34-23-20-9-10-30(37(32,33)19-7-5-16(2)6-8-19)22(20)28-24(29-23)27-21-15-26-31(17(21)3)18-13-25(14-18)35-11-12-36-25/h5-10,15,18H,4,11-14H2,1-3H3,(H,27,28,29). The number of nitrogens with one attached hydrogen (secondary N) is 1. The lowest BCUT2D eigenvalue weighted by atomic mass is 9.85. The van der Waals surface area contributed by atoms with Gasteiger partial charge in [0.15, 0.2) is 11.4 Å². The summed E-state index contributed by atoms with van der Waals surface area (Å²) in [4.78, 5) is 9.27. The fourth-order valence-corrected chi connectivity index (χ4v) is 6.18. The van der Waals surface area contributed by atoms with Gasteiger partial charge in [0.1, 0.15) is 0 Å². The quantitative estimate of drug-likeness (QED) is 0.385. The van der Waals surface area contributed by atoms with E-state index in [9.17, 15) is 8.42 Å². The average Bonchev–Trinajstić information content (AvgIpc) is 3.58. The van der Waals surface area contributed by atoms with Gasteiger partial charge < -0.3 is 19.5 Å². The predicted octanol–water partition coefficient (Wildman–Crippen LogP) is 3.70. The SMILES string of the molecule is CCOc1nc(Nc2cnn(C3CC4(C3)OCCO4)c2C)nc2c1ccn2S(=O)(=O)c1ccc(C)cc1. The number of aromatic nitrogens is 5. The lowest BCUT2D eigenvalue weighted by Crippen LogP contribution is -2.46. The van der Waals surface area contributed by atoms with E-state index in [0.717, 1.165) is 33.8 Å². The molecular formula is C25H28N6O5S. The van der Waals surface area contributed by atoms with Crippen molar-refractivity contribution in [3.05, 3.63) is 54.0 Å². The highest BCUT2D eigenvalue weighted by atomic mass is 32.2. The molecule has 1 aromatic carbocycles. The fraction of sp³-hybridized carbons (Fsp3) is 0.400. The van der Waals surface area contributed by atoms with Gasteiger partial charge in [-0.3, -0.25) is 4.68 Å². The molecule has 2 fully saturated rings. The van der Waals surface area contributed by atoms with E-state index >= 15 is 0 Å². The summed E-state index contributed by atoms with van der Waals surface area (Å²) >= 11 is 0. The number of hydrogen-bond donors (Lipinski definition) is 1. The minimum atomic E-state index is -3.88. The molecule has 1 saturated heterocycles. The van der Waals surface area contributed by atoms with Crippen LogP contribution in [0.4, 0.5) is 11.6 Å². The average molecular weight is 525 g/mol. The molecule has 1 aliphatic carbocycles. The highest BCUT2D eigenvalue weighted by molar-refractivity contribution is 7.90. The Morgan fingerprint density at radius 2 is 1.84 bits per heavy atom. The second-order valence-corrected chi connectivity index (χ2v) is 11.2. The summed E-state index contributed by atoms with van der Waals surface area (Å²) in [5.41, 5.74) is 2.82. The molecule has 37 heavy (non-hydrogen) atoms. The van der Waals surface area contributed by atoms with Gasteiger partial charge in [-0.15, -0.1) is 0 Å². The molecule has 194 valence electrons. The largest absolute Gasteiger partial charge is 0.477 e. The molecule has 0 atom stereocenters. The van der Waals surface area contributed by atoms with E-state index in [1.165, 1.54) is 6.20 Å². The lowest BCUT2D eigenvalue weighted by Gasteiger charge is -2.43. The first kappa shape index (κ1) is 23.9. The van der Waals surface area contributed by atoms with Crippen LogP contribution in [0.3, 0.4) is 0 Å². The molecule has 6 rings (SSSR count). The summed E-state index contributed by atoms with van der Waals surface area (Å²) in [7, 11) is -3.88. The van der Waals surface area contributed by atoms with E-state index in [2.05, 4.69) is 20.4 Å². The maximum Gasteiger partial charge on any atom is 0.269 e. The van der Waals surface area contributed by atoms with Crippen LogP contribution in [0.5, 0.6) is 5.88 Å². The Bertz CT molecular complexity index is 1560. The molecule has 11 nitrogen and oxygen atoms in total. The van der Waals surface area contributed by atoms with E-state index in [0.29, 0.717) is 31.1 Å². The molecule has 1 aliphatic heterocycles. The molecule has 12 heteroatoms. The van der Waals surface area contributed by atoms with Gasteiger partial charge in [-0.1, -0.05) is 17.7 Å². The molecule has 1 N–H and O–H groups in total. The molecule has 0 unspecified atom stereocenters. The Morgan fingerprint density at radius 1 is 1.11 bits per heavy atom. The van der Waals surface area contributed by atoms with Gasteiger partial charge in [0.2, 0.25) is 11.8 Å². The number of anilines is 2. The van der Waals surface area contributed by atoms with Crippen LogP contribution in [0.2, 0.25) is 0 Å². The highest BCUT2D eigenvalue weighted by Gasteiger charge is 2.50. The molecule has 0 radical (unpaired) electrons. The topological polar surface area (TPSA) is 122 Å². The molecule has 2 aliphatic rings. The number of aryl methyl sites for hydroxylation is 1. The van der Waals surface area contributed by atoms with Crippen LogP contribution >= 0.6 is 0 Å². The van der Waals surface area contributed by atoms with Crippen LogP contribution < -0.4 is 10.1 Å². The highest BCUT2D eigenvalue weighted by Crippen LogP contribution is 2.47. The second-order valence-electron chi connectivity index (χ2n) is 9.34. The Kier molecular flexibility index (Phi) is 5.70. The molecule has 1 saturated carbocycles. The van der Waals surface area contributed by atoms with Crippen molar-refractivity contribution in [2.24, 2.45) is 0 Å². The first-order valence-corrected chi connectivity index (χ1v) is 13.7. The van der Waals surface area contributed by atoms with Gasteiger partial charge >= 0.3 is 0 Å². The van der Waals surface area contributed by atoms with E-state index in [1.54, 1.807) is 36.5 Å². The van der Waals surface area contributed by atoms with Gasteiger partial charge in [-0.05, 0) is 39.0 Å². The van der Waals surface area contributed by atoms with Crippen LogP contribution in [-0.2, 0) is 19.5 Å². The summed E-state index contributed by atoms with van der Waals surface area (Å²) in [6.45, 7) is 7.33. The fourth-order valence-electron chi connectivity index (χ4n) is 4.88. The minimum absolute atomic E-state index is 0.173. The first-order chi connectivity index (χ1) is 17.8. The zero-order valence-corrected chi connectivity index (χ0v) is 21.7. The monoisotopic (exact) mass is 524 g/mol. The number of nitrogens with zero attached hydrogens (tertiary/aromatic N) is 5. The molecule has 1 spiro atoms. The van der Waals surface area contributed by atoms with Crippen molar-refractivity contribution in [2.75, 3.05) is 25.1 Å². The zero-order valence-electron chi connectivity index (χ0n) is 20.8. The molecule has 4 aromatic rings. The van der Waals surface area contributed by atoms with Crippen molar-refractivity contribution in [3.8, 4) is 5.88 Å². The number of hydrogen-bond acceptors (Lipinski definition) is 9. The smallest absolute Gasteiger partial charge is 0.269 e. The summed E-state index contributed by atoms with van der Waals surface area (Å²) < 4.78 is 47.3. The lowest BCUT2D eigenvalue weighted by molar-refractivity contribution is -0.227. The predicted molar refractivity (Wildman–Crippen MR) is 136 cm³/mol.